The van der Waals surface area contributed by atoms with Crippen LogP contribution in [0.15, 0.2) is 0 Å². The lowest BCUT2D eigenvalue weighted by Crippen LogP contribution is -2.45. The molecule has 0 unspecified atom stereocenters. The lowest BCUT2D eigenvalue weighted by molar-refractivity contribution is -0.130. The molecule has 0 saturated carbocycles. The maximum Gasteiger partial charge on any atom is 0.219 e. The Kier molecular flexibility index (Phi) is 2.40. The van der Waals surface area contributed by atoms with E-state index in [-0.39, 0.29) is 18.3 Å². The molecule has 2 rings (SSSR count). The second-order valence-electron chi connectivity index (χ2n) is 3.17. The van der Waals surface area contributed by atoms with Crippen LogP contribution in [0.3, 0.4) is 0 Å². The summed E-state index contributed by atoms with van der Waals surface area (Å²) in [5.41, 5.74) is 0. The lowest BCUT2D eigenvalue weighted by atomic mass is 10.2. The van der Waals surface area contributed by atoms with E-state index in [1.807, 2.05) is 4.90 Å². The summed E-state index contributed by atoms with van der Waals surface area (Å²) in [7, 11) is 0. The Bertz CT molecular complexity index is 174. The molecule has 2 bridgehead atoms. The van der Waals surface area contributed by atoms with Crippen molar-refractivity contribution in [2.24, 2.45) is 0 Å². The number of fused-ring (bicyclic) bond motifs is 2. The number of hydrogen-bond donors (Lipinski definition) is 1. The minimum atomic E-state index is 0. The Balaban J connectivity index is 0.000000605. The molecule has 2 aliphatic rings. The highest BCUT2D eigenvalue weighted by molar-refractivity contribution is 5.85. The molecule has 2 fully saturated rings. The monoisotopic (exact) mass is 176 g/mol. The van der Waals surface area contributed by atoms with E-state index >= 15 is 0 Å². The van der Waals surface area contributed by atoms with Crippen LogP contribution in [0, 0.1) is 0 Å². The average molecular weight is 177 g/mol. The van der Waals surface area contributed by atoms with Crippen molar-refractivity contribution in [3.05, 3.63) is 0 Å². The van der Waals surface area contributed by atoms with Gasteiger partial charge in [-0.05, 0) is 6.42 Å². The van der Waals surface area contributed by atoms with E-state index in [1.54, 1.807) is 6.92 Å². The van der Waals surface area contributed by atoms with Crippen molar-refractivity contribution >= 4 is 18.3 Å². The molecule has 0 aromatic heterocycles. The molecule has 3 nitrogen and oxygen atoms in total. The molecule has 0 aromatic rings. The first-order valence-corrected chi connectivity index (χ1v) is 3.78. The van der Waals surface area contributed by atoms with Gasteiger partial charge in [-0.3, -0.25) is 4.79 Å². The molecule has 0 aromatic carbocycles. The zero-order valence-electron chi connectivity index (χ0n) is 6.54. The minimum absolute atomic E-state index is 0. The van der Waals surface area contributed by atoms with E-state index in [9.17, 15) is 4.79 Å². The molecular weight excluding hydrogens is 164 g/mol. The third-order valence-corrected chi connectivity index (χ3v) is 2.46. The Morgan fingerprint density at radius 1 is 1.64 bits per heavy atom. The number of piperazine rings is 1. The van der Waals surface area contributed by atoms with Crippen LogP contribution in [-0.4, -0.2) is 36.0 Å². The summed E-state index contributed by atoms with van der Waals surface area (Å²) in [6.07, 6.45) is 1.17. The summed E-state index contributed by atoms with van der Waals surface area (Å²) in [6, 6.07) is 1.09. The fourth-order valence-electron chi connectivity index (χ4n) is 1.95. The molecular formula is C7H13ClN2O. The van der Waals surface area contributed by atoms with Crippen LogP contribution >= 0.6 is 12.4 Å². The van der Waals surface area contributed by atoms with Crippen LogP contribution in [0.1, 0.15) is 13.3 Å². The van der Waals surface area contributed by atoms with Gasteiger partial charge in [0.1, 0.15) is 0 Å². The van der Waals surface area contributed by atoms with Gasteiger partial charge in [-0.2, -0.15) is 0 Å². The zero-order chi connectivity index (χ0) is 7.14. The maximum absolute atomic E-state index is 10.9. The van der Waals surface area contributed by atoms with Gasteiger partial charge in [0.25, 0.3) is 0 Å². The summed E-state index contributed by atoms with van der Waals surface area (Å²) in [5.74, 6) is 0.231. The van der Waals surface area contributed by atoms with Crippen molar-refractivity contribution in [1.29, 1.82) is 0 Å². The molecule has 0 aliphatic carbocycles. The molecule has 64 valence electrons. The summed E-state index contributed by atoms with van der Waals surface area (Å²) in [6.45, 7) is 3.59. The van der Waals surface area contributed by atoms with Gasteiger partial charge >= 0.3 is 0 Å². The standard InChI is InChI=1S/C7H12N2O.ClH/c1-5(10)9-4-6-2-7(9)3-8-6;/h6-8H,2-4H2,1H3;1H/t6-,7-;/m0./s1. The largest absolute Gasteiger partial charge is 0.337 e. The predicted octanol–water partition coefficient (Wildman–Crippen LogP) is 0.000800. The third-order valence-electron chi connectivity index (χ3n) is 2.46. The normalized spacial score (nSPS) is 33.7. The molecule has 4 heteroatoms. The molecule has 2 atom stereocenters. The lowest BCUT2D eigenvalue weighted by Gasteiger charge is -2.25. The van der Waals surface area contributed by atoms with Gasteiger partial charge in [0, 0.05) is 32.1 Å². The van der Waals surface area contributed by atoms with Crippen LogP contribution in [0.25, 0.3) is 0 Å². The molecule has 0 spiro atoms. The Morgan fingerprint density at radius 2 is 2.36 bits per heavy atom. The molecule has 2 aliphatic heterocycles. The zero-order valence-corrected chi connectivity index (χ0v) is 7.36. The number of carbonyl (C=O) groups is 1. The molecule has 2 heterocycles. The van der Waals surface area contributed by atoms with Gasteiger partial charge in [-0.15, -0.1) is 12.4 Å². The van der Waals surface area contributed by atoms with Crippen molar-refractivity contribution < 1.29 is 4.79 Å². The first-order chi connectivity index (χ1) is 4.77. The Hall–Kier alpha value is -0.280. The number of likely N-dealkylation sites (tertiary alicyclic amines) is 1. The highest BCUT2D eigenvalue weighted by Gasteiger charge is 2.38. The first-order valence-electron chi connectivity index (χ1n) is 3.78. The van der Waals surface area contributed by atoms with Crippen molar-refractivity contribution in [2.75, 3.05) is 13.1 Å². The topological polar surface area (TPSA) is 32.3 Å². The van der Waals surface area contributed by atoms with Crippen LogP contribution in [0.4, 0.5) is 0 Å². The predicted molar refractivity (Wildman–Crippen MR) is 44.8 cm³/mol. The Morgan fingerprint density at radius 3 is 2.64 bits per heavy atom. The van der Waals surface area contributed by atoms with Gasteiger partial charge < -0.3 is 10.2 Å². The summed E-state index contributed by atoms with van der Waals surface area (Å²) >= 11 is 0. The van der Waals surface area contributed by atoms with E-state index < -0.39 is 0 Å². The number of carbonyl (C=O) groups excluding carboxylic acids is 1. The quantitative estimate of drug-likeness (QED) is 0.564. The first kappa shape index (κ1) is 8.81. The second-order valence-corrected chi connectivity index (χ2v) is 3.17. The van der Waals surface area contributed by atoms with Crippen LogP contribution in [0.5, 0.6) is 0 Å². The average Bonchev–Trinajstić information content (AvgIpc) is 2.44. The van der Waals surface area contributed by atoms with Crippen LogP contribution in [-0.2, 0) is 4.79 Å². The SMILES string of the molecule is CC(=O)N1C[C@@H]2C[C@H]1CN2.Cl. The van der Waals surface area contributed by atoms with Crippen LogP contribution in [0.2, 0.25) is 0 Å². The van der Waals surface area contributed by atoms with E-state index in [0.29, 0.717) is 12.1 Å². The van der Waals surface area contributed by atoms with Crippen molar-refractivity contribution in [1.82, 2.24) is 10.2 Å². The smallest absolute Gasteiger partial charge is 0.219 e. The van der Waals surface area contributed by atoms with Gasteiger partial charge in [0.2, 0.25) is 5.91 Å². The highest BCUT2D eigenvalue weighted by atomic mass is 35.5. The molecule has 0 radical (unpaired) electrons. The van der Waals surface area contributed by atoms with E-state index in [4.69, 9.17) is 0 Å². The number of halogens is 1. The molecule has 11 heavy (non-hydrogen) atoms. The van der Waals surface area contributed by atoms with Crippen molar-refractivity contribution in [3.63, 3.8) is 0 Å². The highest BCUT2D eigenvalue weighted by Crippen LogP contribution is 2.22. The number of rotatable bonds is 0. The number of nitrogens with zero attached hydrogens (tertiary/aromatic N) is 1. The fraction of sp³-hybridized carbons (Fsp3) is 0.857. The van der Waals surface area contributed by atoms with Gasteiger partial charge in [-0.1, -0.05) is 0 Å². The van der Waals surface area contributed by atoms with E-state index in [1.165, 1.54) is 6.42 Å². The second kappa shape index (κ2) is 2.99. The molecule has 2 saturated heterocycles. The van der Waals surface area contributed by atoms with E-state index in [2.05, 4.69) is 5.32 Å². The number of nitrogens with one attached hydrogen (secondary N) is 1. The molecule has 1 amide bonds. The molecule has 1 N–H and O–H groups in total. The van der Waals surface area contributed by atoms with Gasteiger partial charge in [0.05, 0.1) is 0 Å². The number of hydrogen-bond acceptors (Lipinski definition) is 2. The van der Waals surface area contributed by atoms with Crippen molar-refractivity contribution in [3.8, 4) is 0 Å². The summed E-state index contributed by atoms with van der Waals surface area (Å²) in [5, 5.41) is 3.35. The fourth-order valence-corrected chi connectivity index (χ4v) is 1.95. The number of amides is 1. The summed E-state index contributed by atoms with van der Waals surface area (Å²) in [4.78, 5) is 12.9. The maximum atomic E-state index is 10.9. The minimum Gasteiger partial charge on any atom is -0.337 e. The summed E-state index contributed by atoms with van der Waals surface area (Å²) < 4.78 is 0. The van der Waals surface area contributed by atoms with Crippen molar-refractivity contribution in [2.45, 2.75) is 25.4 Å². The third kappa shape index (κ3) is 1.35. The van der Waals surface area contributed by atoms with Gasteiger partial charge in [0.15, 0.2) is 0 Å². The van der Waals surface area contributed by atoms with Gasteiger partial charge in [-0.25, -0.2) is 0 Å². The van der Waals surface area contributed by atoms with Crippen LogP contribution < -0.4 is 5.32 Å². The Labute approximate surface area is 72.5 Å². The van der Waals surface area contributed by atoms with E-state index in [0.717, 1.165) is 13.1 Å².